The van der Waals surface area contributed by atoms with E-state index in [2.05, 4.69) is 5.32 Å². The van der Waals surface area contributed by atoms with Gasteiger partial charge in [-0.2, -0.15) is 0 Å². The molecule has 0 unspecified atom stereocenters. The number of methoxy groups -OCH3 is 1. The number of amides is 2. The summed E-state index contributed by atoms with van der Waals surface area (Å²) in [6.45, 7) is 8.52. The number of ether oxygens (including phenoxy) is 1. The van der Waals surface area contributed by atoms with Gasteiger partial charge in [0, 0.05) is 28.5 Å². The zero-order chi connectivity index (χ0) is 35.2. The van der Waals surface area contributed by atoms with Crippen molar-refractivity contribution in [2.24, 2.45) is 0 Å². The normalized spacial score (nSPS) is 12.2. The van der Waals surface area contributed by atoms with E-state index in [1.165, 1.54) is 24.1 Å². The van der Waals surface area contributed by atoms with Crippen LogP contribution < -0.4 is 14.4 Å². The summed E-state index contributed by atoms with van der Waals surface area (Å²) in [6.07, 6.45) is 0.165. The van der Waals surface area contributed by atoms with Crippen molar-refractivity contribution in [3.8, 4) is 5.75 Å². The van der Waals surface area contributed by atoms with Crippen molar-refractivity contribution in [3.05, 3.63) is 123 Å². The van der Waals surface area contributed by atoms with E-state index >= 15 is 0 Å². The number of hydrogen-bond donors (Lipinski definition) is 1. The number of carbonyl (C=O) groups is 2. The van der Waals surface area contributed by atoms with E-state index in [4.69, 9.17) is 27.9 Å². The van der Waals surface area contributed by atoms with Gasteiger partial charge in [0.05, 0.1) is 17.7 Å². The lowest BCUT2D eigenvalue weighted by Gasteiger charge is -2.35. The predicted octanol–water partition coefficient (Wildman–Crippen LogP) is 7.37. The molecule has 11 heteroatoms. The molecule has 0 saturated heterocycles. The van der Waals surface area contributed by atoms with Crippen molar-refractivity contribution >= 4 is 50.7 Å². The number of nitrogens with one attached hydrogen (secondary N) is 1. The predicted molar refractivity (Wildman–Crippen MR) is 192 cm³/mol. The van der Waals surface area contributed by atoms with Gasteiger partial charge in [-0.3, -0.25) is 13.9 Å². The molecule has 2 amide bonds. The Morgan fingerprint density at radius 1 is 0.875 bits per heavy atom. The van der Waals surface area contributed by atoms with Crippen LogP contribution in [0.5, 0.6) is 5.75 Å². The van der Waals surface area contributed by atoms with Crippen LogP contribution in [0.15, 0.2) is 95.9 Å². The van der Waals surface area contributed by atoms with Crippen LogP contribution in [0.1, 0.15) is 43.0 Å². The second kappa shape index (κ2) is 15.4. The fraction of sp³-hybridized carbons (Fsp3) is 0.297. The fourth-order valence-corrected chi connectivity index (χ4v) is 7.07. The summed E-state index contributed by atoms with van der Waals surface area (Å²) in [5.41, 5.74) is 2.57. The van der Waals surface area contributed by atoms with Crippen molar-refractivity contribution in [2.45, 2.75) is 64.1 Å². The Hall–Kier alpha value is -4.05. The smallest absolute Gasteiger partial charge is 0.264 e. The van der Waals surface area contributed by atoms with Crippen molar-refractivity contribution in [1.82, 2.24) is 10.2 Å². The Balaban J connectivity index is 1.89. The molecule has 0 aromatic heterocycles. The molecule has 4 aromatic rings. The Bertz CT molecular complexity index is 1860. The van der Waals surface area contributed by atoms with E-state index in [-0.39, 0.29) is 29.3 Å². The van der Waals surface area contributed by atoms with Crippen molar-refractivity contribution in [3.63, 3.8) is 0 Å². The van der Waals surface area contributed by atoms with Crippen molar-refractivity contribution < 1.29 is 22.7 Å². The lowest BCUT2D eigenvalue weighted by atomic mass is 10.0. The number of sulfonamides is 1. The van der Waals surface area contributed by atoms with Crippen LogP contribution in [0, 0.1) is 13.8 Å². The Kier molecular flexibility index (Phi) is 11.8. The first-order valence-electron chi connectivity index (χ1n) is 15.4. The molecular formula is C37H41Cl2N3O5S. The molecule has 0 aliphatic heterocycles. The second-order valence-electron chi connectivity index (χ2n) is 12.7. The molecule has 1 N–H and O–H groups in total. The summed E-state index contributed by atoms with van der Waals surface area (Å²) in [5, 5.41) is 3.73. The summed E-state index contributed by atoms with van der Waals surface area (Å²) < 4.78 is 35.4. The molecule has 254 valence electrons. The zero-order valence-electron chi connectivity index (χ0n) is 28.0. The number of aryl methyl sites for hydroxylation is 2. The highest BCUT2D eigenvalue weighted by Crippen LogP contribution is 2.34. The maximum absolute atomic E-state index is 14.8. The van der Waals surface area contributed by atoms with E-state index in [1.54, 1.807) is 48.5 Å². The van der Waals surface area contributed by atoms with E-state index in [0.717, 1.165) is 21.0 Å². The third-order valence-electron chi connectivity index (χ3n) is 7.62. The fourth-order valence-electron chi connectivity index (χ4n) is 5.19. The van der Waals surface area contributed by atoms with Gasteiger partial charge in [0.25, 0.3) is 10.0 Å². The summed E-state index contributed by atoms with van der Waals surface area (Å²) in [4.78, 5) is 30.2. The second-order valence-corrected chi connectivity index (χ2v) is 15.4. The molecular weight excluding hydrogens is 669 g/mol. The number of anilines is 1. The average molecular weight is 711 g/mol. The van der Waals surface area contributed by atoms with E-state index in [1.807, 2.05) is 65.0 Å². The van der Waals surface area contributed by atoms with E-state index < -0.39 is 40.0 Å². The largest absolute Gasteiger partial charge is 0.495 e. The highest BCUT2D eigenvalue weighted by Gasteiger charge is 2.36. The molecule has 0 bridgehead atoms. The highest BCUT2D eigenvalue weighted by atomic mass is 35.5. The minimum absolute atomic E-state index is 0.00284. The standard InChI is InChI=1S/C37H41Cl2N3O5S/c1-25-12-17-30(18-13-25)48(45,46)42(32-20-26(2)14-19-34(32)47-6)24-35(43)41(23-28-15-16-29(38)22-31(28)39)33(36(44)40-37(3,4)5)21-27-10-8-7-9-11-27/h7-20,22,33H,21,23-24H2,1-6H3,(H,40,44)/t33-/m1/s1. The van der Waals surface area contributed by atoms with Crippen LogP contribution in [-0.4, -0.2) is 50.4 Å². The van der Waals surface area contributed by atoms with Gasteiger partial charge in [0.2, 0.25) is 11.8 Å². The first-order valence-corrected chi connectivity index (χ1v) is 17.6. The molecule has 0 saturated carbocycles. The summed E-state index contributed by atoms with van der Waals surface area (Å²) in [7, 11) is -2.87. The minimum atomic E-state index is -4.31. The quantitative estimate of drug-likeness (QED) is 0.166. The van der Waals surface area contributed by atoms with Crippen LogP contribution in [0.25, 0.3) is 0 Å². The first-order chi connectivity index (χ1) is 22.6. The highest BCUT2D eigenvalue weighted by molar-refractivity contribution is 7.92. The van der Waals surface area contributed by atoms with Gasteiger partial charge in [-0.1, -0.05) is 83.4 Å². The van der Waals surface area contributed by atoms with Gasteiger partial charge in [0.15, 0.2) is 0 Å². The molecule has 1 atom stereocenters. The molecule has 0 aliphatic carbocycles. The summed E-state index contributed by atoms with van der Waals surface area (Å²) >= 11 is 12.8. The third kappa shape index (κ3) is 9.30. The molecule has 4 aromatic carbocycles. The van der Waals surface area contributed by atoms with Crippen LogP contribution in [-0.2, 0) is 32.6 Å². The van der Waals surface area contributed by atoms with Crippen LogP contribution >= 0.6 is 23.2 Å². The van der Waals surface area contributed by atoms with Gasteiger partial charge >= 0.3 is 0 Å². The third-order valence-corrected chi connectivity index (χ3v) is 9.98. The van der Waals surface area contributed by atoms with Gasteiger partial charge in [-0.25, -0.2) is 8.42 Å². The van der Waals surface area contributed by atoms with Gasteiger partial charge in [0.1, 0.15) is 18.3 Å². The molecule has 0 heterocycles. The van der Waals surface area contributed by atoms with Gasteiger partial charge < -0.3 is 15.0 Å². The first kappa shape index (κ1) is 36.8. The topological polar surface area (TPSA) is 96.0 Å². The Morgan fingerprint density at radius 2 is 1.52 bits per heavy atom. The maximum Gasteiger partial charge on any atom is 0.264 e. The van der Waals surface area contributed by atoms with E-state index in [0.29, 0.717) is 15.6 Å². The monoisotopic (exact) mass is 709 g/mol. The molecule has 8 nitrogen and oxygen atoms in total. The lowest BCUT2D eigenvalue weighted by molar-refractivity contribution is -0.140. The van der Waals surface area contributed by atoms with E-state index in [9.17, 15) is 18.0 Å². The number of rotatable bonds is 12. The lowest BCUT2D eigenvalue weighted by Crippen LogP contribution is -2.56. The SMILES string of the molecule is COc1ccc(C)cc1N(CC(=O)N(Cc1ccc(Cl)cc1Cl)[C@H](Cc1ccccc1)C(=O)NC(C)(C)C)S(=O)(=O)c1ccc(C)cc1. The molecule has 0 fully saturated rings. The number of carbonyl (C=O) groups excluding carboxylic acids is 2. The van der Waals surface area contributed by atoms with Crippen molar-refractivity contribution in [1.29, 1.82) is 0 Å². The number of nitrogens with zero attached hydrogens (tertiary/aromatic N) is 2. The number of benzene rings is 4. The van der Waals surface area contributed by atoms with Gasteiger partial charge in [-0.15, -0.1) is 0 Å². The Morgan fingerprint density at radius 3 is 2.12 bits per heavy atom. The molecule has 48 heavy (non-hydrogen) atoms. The van der Waals surface area contributed by atoms with Crippen LogP contribution in [0.4, 0.5) is 5.69 Å². The summed E-state index contributed by atoms with van der Waals surface area (Å²) in [5.74, 6) is -0.751. The Labute approximate surface area is 293 Å². The van der Waals surface area contributed by atoms with Gasteiger partial charge in [-0.05, 0) is 87.7 Å². The maximum atomic E-state index is 14.8. The number of halogens is 2. The molecule has 0 spiro atoms. The molecule has 4 rings (SSSR count). The minimum Gasteiger partial charge on any atom is -0.495 e. The van der Waals surface area contributed by atoms with Crippen molar-refractivity contribution in [2.75, 3.05) is 18.0 Å². The van der Waals surface area contributed by atoms with Crippen LogP contribution in [0.3, 0.4) is 0 Å². The molecule has 0 aliphatic rings. The molecule has 0 radical (unpaired) electrons. The zero-order valence-corrected chi connectivity index (χ0v) is 30.3. The average Bonchev–Trinajstić information content (AvgIpc) is 3.02. The number of hydrogen-bond acceptors (Lipinski definition) is 5. The summed E-state index contributed by atoms with van der Waals surface area (Å²) in [6, 6.07) is 24.7. The van der Waals surface area contributed by atoms with Crippen LogP contribution in [0.2, 0.25) is 10.0 Å².